The molecule has 5 heteroatoms. The molecule has 7 aromatic carbocycles. The quantitative estimate of drug-likeness (QED) is 0.168. The zero-order chi connectivity index (χ0) is 36.4. The number of benzene rings is 7. The molecule has 2 heterocycles. The van der Waals surface area contributed by atoms with Crippen molar-refractivity contribution in [1.82, 2.24) is 15.0 Å². The van der Waals surface area contributed by atoms with E-state index in [1.807, 2.05) is 78.9 Å². The Morgan fingerprint density at radius 2 is 0.963 bits per heavy atom. The number of rotatable bonds is 5. The highest BCUT2D eigenvalue weighted by atomic mass is 16.3. The topological polar surface area (TPSA) is 68.9 Å². The van der Waals surface area contributed by atoms with Crippen molar-refractivity contribution >= 4 is 21.9 Å². The fourth-order valence-corrected chi connectivity index (χ4v) is 7.94. The maximum Gasteiger partial charge on any atom is 0.200 e. The van der Waals surface area contributed by atoms with Crippen molar-refractivity contribution in [2.45, 2.75) is 19.3 Å². The molecule has 0 unspecified atom stereocenters. The van der Waals surface area contributed by atoms with Crippen LogP contribution in [-0.2, 0) is 5.41 Å². The summed E-state index contributed by atoms with van der Waals surface area (Å²) in [5.41, 5.74) is 12.7. The van der Waals surface area contributed by atoms with Crippen molar-refractivity contribution in [3.05, 3.63) is 185 Å². The van der Waals surface area contributed by atoms with E-state index in [1.165, 1.54) is 22.3 Å². The Morgan fingerprint density at radius 3 is 1.78 bits per heavy atom. The van der Waals surface area contributed by atoms with Gasteiger partial charge in [-0.1, -0.05) is 147 Å². The lowest BCUT2D eigenvalue weighted by Crippen LogP contribution is -2.15. The predicted molar refractivity (Wildman–Crippen MR) is 218 cm³/mol. The first-order valence-electron chi connectivity index (χ1n) is 18.1. The standard InChI is InChI=1S/C49H33N3O2/c1-49(2)41-18-10-8-15-36(41)37-26-24-34(29-42(37)49)47-50-46(32-22-20-31(21-23-32)30-12-4-3-5-13-30)51-48(52-47)38-16-7-6-14-35(38)33-25-27-44-40(28-33)45(53)39-17-9-11-19-43(39)54-44/h3-29H,1-2H3. The molecule has 0 radical (unpaired) electrons. The van der Waals surface area contributed by atoms with Gasteiger partial charge in [-0.05, 0) is 74.8 Å². The van der Waals surface area contributed by atoms with Crippen molar-refractivity contribution in [3.8, 4) is 67.5 Å². The van der Waals surface area contributed by atoms with E-state index < -0.39 is 0 Å². The monoisotopic (exact) mass is 695 g/mol. The van der Waals surface area contributed by atoms with Crippen molar-refractivity contribution in [2.75, 3.05) is 0 Å². The maximum atomic E-state index is 13.6. The molecule has 0 saturated heterocycles. The van der Waals surface area contributed by atoms with Crippen LogP contribution < -0.4 is 5.43 Å². The highest BCUT2D eigenvalue weighted by molar-refractivity contribution is 5.94. The second-order valence-corrected chi connectivity index (χ2v) is 14.4. The van der Waals surface area contributed by atoms with Gasteiger partial charge in [0.25, 0.3) is 0 Å². The van der Waals surface area contributed by atoms with E-state index in [0.717, 1.165) is 38.9 Å². The Hall–Kier alpha value is -6.98. The van der Waals surface area contributed by atoms with Gasteiger partial charge in [-0.3, -0.25) is 4.79 Å². The van der Waals surface area contributed by atoms with E-state index >= 15 is 0 Å². The largest absolute Gasteiger partial charge is 0.456 e. The van der Waals surface area contributed by atoms with Gasteiger partial charge in [0.15, 0.2) is 17.5 Å². The van der Waals surface area contributed by atoms with Crippen LogP contribution in [0.15, 0.2) is 173 Å². The highest BCUT2D eigenvalue weighted by Gasteiger charge is 2.35. The molecule has 0 amide bonds. The molecule has 0 spiro atoms. The Balaban J connectivity index is 1.14. The number of nitrogens with zero attached hydrogens (tertiary/aromatic N) is 3. The van der Waals surface area contributed by atoms with Gasteiger partial charge in [0, 0.05) is 22.1 Å². The molecule has 0 N–H and O–H groups in total. The van der Waals surface area contributed by atoms with Crippen LogP contribution in [0.5, 0.6) is 0 Å². The van der Waals surface area contributed by atoms with E-state index in [4.69, 9.17) is 19.4 Å². The molecule has 9 aromatic rings. The Bertz CT molecular complexity index is 2980. The fourth-order valence-electron chi connectivity index (χ4n) is 7.94. The minimum atomic E-state index is -0.172. The summed E-state index contributed by atoms with van der Waals surface area (Å²) < 4.78 is 6.13. The van der Waals surface area contributed by atoms with Gasteiger partial charge in [-0.25, -0.2) is 15.0 Å². The molecule has 0 aliphatic heterocycles. The Kier molecular flexibility index (Phi) is 7.24. The lowest BCUT2D eigenvalue weighted by atomic mass is 9.82. The third kappa shape index (κ3) is 5.16. The van der Waals surface area contributed by atoms with Crippen LogP contribution in [-0.4, -0.2) is 15.0 Å². The summed E-state index contributed by atoms with van der Waals surface area (Å²) in [6, 6.07) is 55.1. The zero-order valence-electron chi connectivity index (χ0n) is 29.7. The average Bonchev–Trinajstić information content (AvgIpc) is 3.46. The summed E-state index contributed by atoms with van der Waals surface area (Å²) in [7, 11) is 0. The first-order valence-corrected chi connectivity index (χ1v) is 18.1. The lowest BCUT2D eigenvalue weighted by molar-refractivity contribution is 0.660. The fraction of sp³-hybridized carbons (Fsp3) is 0.0612. The summed E-state index contributed by atoms with van der Waals surface area (Å²) >= 11 is 0. The van der Waals surface area contributed by atoms with Crippen LogP contribution in [0.1, 0.15) is 25.0 Å². The van der Waals surface area contributed by atoms with E-state index in [1.54, 1.807) is 6.07 Å². The van der Waals surface area contributed by atoms with Gasteiger partial charge in [-0.2, -0.15) is 0 Å². The molecule has 0 atom stereocenters. The van der Waals surface area contributed by atoms with Crippen LogP contribution in [0.2, 0.25) is 0 Å². The molecule has 10 rings (SSSR count). The third-order valence-electron chi connectivity index (χ3n) is 10.8. The number of fused-ring (bicyclic) bond motifs is 5. The molecule has 0 bridgehead atoms. The molecule has 54 heavy (non-hydrogen) atoms. The molecule has 5 nitrogen and oxygen atoms in total. The molecular formula is C49H33N3O2. The molecule has 1 aliphatic rings. The van der Waals surface area contributed by atoms with Gasteiger partial charge >= 0.3 is 0 Å². The predicted octanol–water partition coefficient (Wildman–Crippen LogP) is 11.8. The summed E-state index contributed by atoms with van der Waals surface area (Å²) in [6.07, 6.45) is 0. The van der Waals surface area contributed by atoms with Crippen LogP contribution in [0.25, 0.3) is 89.5 Å². The minimum Gasteiger partial charge on any atom is -0.456 e. The van der Waals surface area contributed by atoms with E-state index in [2.05, 4.69) is 92.7 Å². The maximum absolute atomic E-state index is 13.6. The van der Waals surface area contributed by atoms with Gasteiger partial charge < -0.3 is 4.42 Å². The van der Waals surface area contributed by atoms with Crippen molar-refractivity contribution in [1.29, 1.82) is 0 Å². The van der Waals surface area contributed by atoms with Crippen molar-refractivity contribution in [3.63, 3.8) is 0 Å². The smallest absolute Gasteiger partial charge is 0.200 e. The van der Waals surface area contributed by atoms with Crippen molar-refractivity contribution in [2.24, 2.45) is 0 Å². The zero-order valence-corrected chi connectivity index (χ0v) is 29.7. The molecule has 2 aromatic heterocycles. The van der Waals surface area contributed by atoms with Crippen molar-refractivity contribution < 1.29 is 4.42 Å². The van der Waals surface area contributed by atoms with Gasteiger partial charge in [0.2, 0.25) is 5.43 Å². The van der Waals surface area contributed by atoms with E-state index in [9.17, 15) is 4.79 Å². The van der Waals surface area contributed by atoms with Gasteiger partial charge in [-0.15, -0.1) is 0 Å². The molecule has 0 fully saturated rings. The first kappa shape index (κ1) is 31.7. The van der Waals surface area contributed by atoms with Gasteiger partial charge in [0.1, 0.15) is 11.2 Å². The summed E-state index contributed by atoms with van der Waals surface area (Å²) in [4.78, 5) is 29.1. The third-order valence-corrected chi connectivity index (χ3v) is 10.8. The number of aromatic nitrogens is 3. The van der Waals surface area contributed by atoms with E-state index in [0.29, 0.717) is 39.4 Å². The van der Waals surface area contributed by atoms with Gasteiger partial charge in [0.05, 0.1) is 10.8 Å². The first-order chi connectivity index (χ1) is 26.4. The van der Waals surface area contributed by atoms with Crippen LogP contribution in [0, 0.1) is 0 Å². The molecular weight excluding hydrogens is 663 g/mol. The summed E-state index contributed by atoms with van der Waals surface area (Å²) in [5.74, 6) is 1.72. The van der Waals surface area contributed by atoms with Crippen LogP contribution in [0.3, 0.4) is 0 Å². The Labute approximate surface area is 312 Å². The van der Waals surface area contributed by atoms with Crippen LogP contribution >= 0.6 is 0 Å². The summed E-state index contributed by atoms with van der Waals surface area (Å²) in [5, 5.41) is 1.08. The Morgan fingerprint density at radius 1 is 0.407 bits per heavy atom. The molecule has 0 saturated carbocycles. The number of hydrogen-bond acceptors (Lipinski definition) is 5. The molecule has 1 aliphatic carbocycles. The van der Waals surface area contributed by atoms with Crippen LogP contribution in [0.4, 0.5) is 0 Å². The number of para-hydroxylation sites is 1. The highest BCUT2D eigenvalue weighted by Crippen LogP contribution is 2.49. The van der Waals surface area contributed by atoms with E-state index in [-0.39, 0.29) is 10.8 Å². The normalized spacial score (nSPS) is 12.9. The minimum absolute atomic E-state index is 0.0588. The SMILES string of the molecule is CC1(C)c2ccccc2-c2ccc(-c3nc(-c4ccc(-c5ccccc5)cc4)nc(-c4ccccc4-c4ccc5oc6ccccc6c(=O)c5c4)n3)cc21. The average molecular weight is 696 g/mol. The number of hydrogen-bond donors (Lipinski definition) is 0. The second kappa shape index (κ2) is 12.3. The second-order valence-electron chi connectivity index (χ2n) is 14.4. The lowest BCUT2D eigenvalue weighted by Gasteiger charge is -2.21. The summed E-state index contributed by atoms with van der Waals surface area (Å²) in [6.45, 7) is 4.56. The molecule has 256 valence electrons.